The van der Waals surface area contributed by atoms with Crippen molar-refractivity contribution in [1.82, 2.24) is 10.2 Å². The molecule has 0 aromatic carbocycles. The van der Waals surface area contributed by atoms with E-state index in [-0.39, 0.29) is 36.1 Å². The number of hydrogen-bond donors (Lipinski definition) is 2. The SMILES string of the molecule is CC(C)C(C)(CN)NC(=O)C1CCCN(C(=O)C(C)(C)C)C1.Cl. The van der Waals surface area contributed by atoms with Crippen LogP contribution in [0, 0.1) is 17.3 Å². The summed E-state index contributed by atoms with van der Waals surface area (Å²) in [6.45, 7) is 13.5. The number of rotatable bonds is 4. The van der Waals surface area contributed by atoms with Crippen LogP contribution in [0.2, 0.25) is 0 Å². The summed E-state index contributed by atoms with van der Waals surface area (Å²) in [5.41, 5.74) is 5.04. The van der Waals surface area contributed by atoms with E-state index in [1.54, 1.807) is 0 Å². The van der Waals surface area contributed by atoms with Crippen molar-refractivity contribution in [2.45, 2.75) is 59.9 Å². The number of likely N-dealkylation sites (tertiary alicyclic amines) is 1. The van der Waals surface area contributed by atoms with E-state index in [9.17, 15) is 9.59 Å². The number of carbonyl (C=O) groups excluding carboxylic acids is 2. The van der Waals surface area contributed by atoms with Gasteiger partial charge in [-0.05, 0) is 25.7 Å². The second kappa shape index (κ2) is 8.34. The van der Waals surface area contributed by atoms with E-state index >= 15 is 0 Å². The highest BCUT2D eigenvalue weighted by atomic mass is 35.5. The van der Waals surface area contributed by atoms with Crippen molar-refractivity contribution in [2.75, 3.05) is 19.6 Å². The number of hydrogen-bond acceptors (Lipinski definition) is 3. The normalized spacial score (nSPS) is 21.4. The van der Waals surface area contributed by atoms with E-state index in [2.05, 4.69) is 19.2 Å². The molecule has 136 valence electrons. The Hall–Kier alpha value is -0.810. The maximum absolute atomic E-state index is 12.6. The van der Waals surface area contributed by atoms with Gasteiger partial charge in [0.05, 0.1) is 11.5 Å². The fourth-order valence-corrected chi connectivity index (χ4v) is 2.66. The predicted molar refractivity (Wildman–Crippen MR) is 96.4 cm³/mol. The second-order valence-corrected chi connectivity index (χ2v) is 8.11. The Morgan fingerprint density at radius 1 is 1.26 bits per heavy atom. The van der Waals surface area contributed by atoms with Crippen LogP contribution >= 0.6 is 12.4 Å². The molecule has 0 bridgehead atoms. The van der Waals surface area contributed by atoms with Gasteiger partial charge in [-0.1, -0.05) is 34.6 Å². The molecule has 0 radical (unpaired) electrons. The minimum Gasteiger partial charge on any atom is -0.349 e. The van der Waals surface area contributed by atoms with Crippen molar-refractivity contribution in [3.05, 3.63) is 0 Å². The van der Waals surface area contributed by atoms with Crippen LogP contribution in [0.25, 0.3) is 0 Å². The Kier molecular flexibility index (Phi) is 8.04. The summed E-state index contributed by atoms with van der Waals surface area (Å²) < 4.78 is 0. The number of nitrogens with zero attached hydrogens (tertiary/aromatic N) is 1. The van der Waals surface area contributed by atoms with Gasteiger partial charge in [-0.2, -0.15) is 0 Å². The summed E-state index contributed by atoms with van der Waals surface area (Å²) in [6, 6.07) is 0. The van der Waals surface area contributed by atoms with Crippen LogP contribution in [0.3, 0.4) is 0 Å². The molecule has 1 aliphatic rings. The highest BCUT2D eigenvalue weighted by Crippen LogP contribution is 2.24. The van der Waals surface area contributed by atoms with Gasteiger partial charge in [0, 0.05) is 25.0 Å². The Labute approximate surface area is 147 Å². The maximum atomic E-state index is 12.6. The first-order valence-corrected chi connectivity index (χ1v) is 8.32. The number of nitrogens with one attached hydrogen (secondary N) is 1. The zero-order chi connectivity index (χ0) is 17.1. The largest absolute Gasteiger partial charge is 0.349 e. The lowest BCUT2D eigenvalue weighted by atomic mass is 9.86. The molecule has 1 rings (SSSR count). The first-order chi connectivity index (χ1) is 10.0. The van der Waals surface area contributed by atoms with Crippen LogP contribution in [0.4, 0.5) is 0 Å². The van der Waals surface area contributed by atoms with Gasteiger partial charge in [0.15, 0.2) is 0 Å². The fourth-order valence-electron chi connectivity index (χ4n) is 2.66. The zero-order valence-electron chi connectivity index (χ0n) is 15.4. The molecular weight excluding hydrogens is 314 g/mol. The smallest absolute Gasteiger partial charge is 0.227 e. The quantitative estimate of drug-likeness (QED) is 0.818. The third kappa shape index (κ3) is 5.64. The van der Waals surface area contributed by atoms with Gasteiger partial charge < -0.3 is 16.0 Å². The van der Waals surface area contributed by atoms with Gasteiger partial charge in [0.1, 0.15) is 0 Å². The van der Waals surface area contributed by atoms with Crippen LogP contribution in [0.1, 0.15) is 54.4 Å². The van der Waals surface area contributed by atoms with Gasteiger partial charge in [-0.25, -0.2) is 0 Å². The summed E-state index contributed by atoms with van der Waals surface area (Å²) in [5.74, 6) is 0.269. The van der Waals surface area contributed by atoms with Crippen LogP contribution in [-0.4, -0.2) is 41.9 Å². The van der Waals surface area contributed by atoms with Crippen molar-refractivity contribution in [3.63, 3.8) is 0 Å². The standard InChI is InChI=1S/C17H33N3O2.ClH/c1-12(2)17(6,11-18)19-14(21)13-8-7-9-20(10-13)15(22)16(3,4)5;/h12-13H,7-11,18H2,1-6H3,(H,19,21);1H. The Bertz CT molecular complexity index is 421. The van der Waals surface area contributed by atoms with E-state index in [1.165, 1.54) is 0 Å². The van der Waals surface area contributed by atoms with Crippen molar-refractivity contribution in [2.24, 2.45) is 23.0 Å². The highest BCUT2D eigenvalue weighted by Gasteiger charge is 2.36. The van der Waals surface area contributed by atoms with E-state index in [1.807, 2.05) is 32.6 Å². The van der Waals surface area contributed by atoms with Crippen LogP contribution in [0.15, 0.2) is 0 Å². The minimum atomic E-state index is -0.401. The molecule has 0 spiro atoms. The van der Waals surface area contributed by atoms with Gasteiger partial charge in [0.2, 0.25) is 11.8 Å². The van der Waals surface area contributed by atoms with Crippen LogP contribution < -0.4 is 11.1 Å². The monoisotopic (exact) mass is 347 g/mol. The molecule has 0 aromatic rings. The molecule has 2 amide bonds. The number of carbonyl (C=O) groups is 2. The average Bonchev–Trinajstić information content (AvgIpc) is 2.45. The van der Waals surface area contributed by atoms with Gasteiger partial charge >= 0.3 is 0 Å². The lowest BCUT2D eigenvalue weighted by Crippen LogP contribution is -2.58. The molecule has 23 heavy (non-hydrogen) atoms. The number of piperidine rings is 1. The summed E-state index contributed by atoms with van der Waals surface area (Å²) in [6.07, 6.45) is 1.71. The minimum absolute atomic E-state index is 0. The number of halogens is 1. The third-order valence-electron chi connectivity index (χ3n) is 4.83. The Morgan fingerprint density at radius 3 is 2.26 bits per heavy atom. The molecule has 1 saturated heterocycles. The summed E-state index contributed by atoms with van der Waals surface area (Å²) in [5, 5.41) is 3.11. The fraction of sp³-hybridized carbons (Fsp3) is 0.882. The first kappa shape index (κ1) is 22.2. The maximum Gasteiger partial charge on any atom is 0.227 e. The lowest BCUT2D eigenvalue weighted by molar-refractivity contribution is -0.143. The zero-order valence-corrected chi connectivity index (χ0v) is 16.3. The molecule has 1 aliphatic heterocycles. The van der Waals surface area contributed by atoms with Crippen molar-refractivity contribution in [3.8, 4) is 0 Å². The van der Waals surface area contributed by atoms with Gasteiger partial charge in [-0.3, -0.25) is 9.59 Å². The highest BCUT2D eigenvalue weighted by molar-refractivity contribution is 5.85. The molecule has 3 N–H and O–H groups in total. The topological polar surface area (TPSA) is 75.4 Å². The molecule has 0 aliphatic carbocycles. The van der Waals surface area contributed by atoms with E-state index in [4.69, 9.17) is 5.73 Å². The molecule has 2 unspecified atom stereocenters. The third-order valence-corrected chi connectivity index (χ3v) is 4.83. The lowest BCUT2D eigenvalue weighted by Gasteiger charge is -2.39. The molecule has 5 nitrogen and oxygen atoms in total. The predicted octanol–water partition coefficient (Wildman–Crippen LogP) is 2.18. The molecule has 0 saturated carbocycles. The Morgan fingerprint density at radius 2 is 1.83 bits per heavy atom. The number of nitrogens with two attached hydrogens (primary N) is 1. The van der Waals surface area contributed by atoms with Gasteiger partial charge in [0.25, 0.3) is 0 Å². The summed E-state index contributed by atoms with van der Waals surface area (Å²) in [4.78, 5) is 26.8. The average molecular weight is 348 g/mol. The van der Waals surface area contributed by atoms with Crippen molar-refractivity contribution in [1.29, 1.82) is 0 Å². The molecule has 1 fully saturated rings. The summed E-state index contributed by atoms with van der Waals surface area (Å²) in [7, 11) is 0. The van der Waals surface area contributed by atoms with Crippen molar-refractivity contribution < 1.29 is 9.59 Å². The van der Waals surface area contributed by atoms with E-state index < -0.39 is 11.0 Å². The van der Waals surface area contributed by atoms with Crippen LogP contribution in [-0.2, 0) is 9.59 Å². The summed E-state index contributed by atoms with van der Waals surface area (Å²) >= 11 is 0. The van der Waals surface area contributed by atoms with E-state index in [0.717, 1.165) is 19.4 Å². The Balaban J connectivity index is 0.00000484. The van der Waals surface area contributed by atoms with Crippen molar-refractivity contribution >= 4 is 24.2 Å². The molecule has 0 aromatic heterocycles. The van der Waals surface area contributed by atoms with Crippen LogP contribution in [0.5, 0.6) is 0 Å². The second-order valence-electron chi connectivity index (χ2n) is 8.11. The molecule has 1 heterocycles. The van der Waals surface area contributed by atoms with Gasteiger partial charge in [-0.15, -0.1) is 12.4 Å². The molecule has 6 heteroatoms. The number of amides is 2. The molecule has 2 atom stereocenters. The molecular formula is C17H34ClN3O2. The first-order valence-electron chi connectivity index (χ1n) is 8.32. The van der Waals surface area contributed by atoms with E-state index in [0.29, 0.717) is 13.1 Å².